The van der Waals surface area contributed by atoms with E-state index in [4.69, 9.17) is 4.74 Å². The smallest absolute Gasteiger partial charge is 0.317 e. The number of carbonyl (C=O) groups excluding carboxylic acids is 1. The summed E-state index contributed by atoms with van der Waals surface area (Å²) in [4.78, 5) is 19.2. The summed E-state index contributed by atoms with van der Waals surface area (Å²) < 4.78 is 5.17. The van der Waals surface area contributed by atoms with Crippen molar-refractivity contribution >= 4 is 17.4 Å². The average Bonchev–Trinajstić information content (AvgIpc) is 3.33. The van der Waals surface area contributed by atoms with Gasteiger partial charge in [0.1, 0.15) is 5.75 Å². The molecule has 29 heavy (non-hydrogen) atoms. The molecule has 2 fully saturated rings. The molecule has 2 heterocycles. The normalized spacial score (nSPS) is 16.8. The average molecular weight is 395 g/mol. The summed E-state index contributed by atoms with van der Waals surface area (Å²) in [6, 6.07) is 16.7. The van der Waals surface area contributed by atoms with Crippen molar-refractivity contribution in [1.29, 1.82) is 0 Å². The Kier molecular flexibility index (Phi) is 6.08. The Bertz CT molecular complexity index is 793. The van der Waals surface area contributed by atoms with Crippen molar-refractivity contribution in [3.8, 4) is 5.75 Å². The van der Waals surface area contributed by atoms with Crippen molar-refractivity contribution in [1.82, 2.24) is 10.2 Å². The third-order valence-corrected chi connectivity index (χ3v) is 5.86. The number of anilines is 2. The Hall–Kier alpha value is -2.89. The van der Waals surface area contributed by atoms with Gasteiger partial charge < -0.3 is 24.8 Å². The lowest BCUT2D eigenvalue weighted by Gasteiger charge is -2.36. The van der Waals surface area contributed by atoms with Gasteiger partial charge in [-0.05, 0) is 54.8 Å². The number of hydrogen-bond acceptors (Lipinski definition) is 4. The second kappa shape index (κ2) is 9.07. The van der Waals surface area contributed by atoms with Gasteiger partial charge in [0.05, 0.1) is 7.11 Å². The van der Waals surface area contributed by atoms with Gasteiger partial charge in [0, 0.05) is 57.2 Å². The number of hydrogen-bond donors (Lipinski definition) is 1. The molecule has 0 spiro atoms. The van der Waals surface area contributed by atoms with Crippen LogP contribution in [-0.2, 0) is 6.54 Å². The first-order chi connectivity index (χ1) is 14.2. The van der Waals surface area contributed by atoms with Crippen molar-refractivity contribution in [2.45, 2.75) is 19.4 Å². The first-order valence-electron chi connectivity index (χ1n) is 10.5. The number of nitrogens with zero attached hydrogens (tertiary/aromatic N) is 3. The summed E-state index contributed by atoms with van der Waals surface area (Å²) in [6.07, 6.45) is 2.59. The maximum atomic E-state index is 12.5. The molecule has 154 valence electrons. The van der Waals surface area contributed by atoms with E-state index in [0.29, 0.717) is 6.54 Å². The van der Waals surface area contributed by atoms with E-state index in [0.717, 1.165) is 37.5 Å². The molecule has 2 aromatic carbocycles. The summed E-state index contributed by atoms with van der Waals surface area (Å²) >= 11 is 0. The summed E-state index contributed by atoms with van der Waals surface area (Å²) in [7, 11) is 1.65. The highest BCUT2D eigenvalue weighted by atomic mass is 16.5. The lowest BCUT2D eigenvalue weighted by atomic mass is 10.2. The van der Waals surface area contributed by atoms with Gasteiger partial charge in [-0.25, -0.2) is 4.79 Å². The zero-order valence-electron chi connectivity index (χ0n) is 17.1. The van der Waals surface area contributed by atoms with E-state index in [1.54, 1.807) is 7.11 Å². The van der Waals surface area contributed by atoms with Crippen LogP contribution in [0.15, 0.2) is 48.5 Å². The van der Waals surface area contributed by atoms with Crippen LogP contribution in [0.25, 0.3) is 0 Å². The molecule has 0 bridgehead atoms. The Morgan fingerprint density at radius 2 is 1.38 bits per heavy atom. The van der Waals surface area contributed by atoms with Crippen LogP contribution in [-0.4, -0.2) is 57.3 Å². The van der Waals surface area contributed by atoms with Gasteiger partial charge in [-0.3, -0.25) is 0 Å². The molecule has 0 aromatic heterocycles. The molecule has 2 saturated heterocycles. The fourth-order valence-corrected chi connectivity index (χ4v) is 4.05. The molecule has 2 amide bonds. The van der Waals surface area contributed by atoms with Crippen molar-refractivity contribution in [3.05, 3.63) is 54.1 Å². The topological polar surface area (TPSA) is 48.1 Å². The monoisotopic (exact) mass is 394 g/mol. The van der Waals surface area contributed by atoms with Gasteiger partial charge in [-0.1, -0.05) is 12.1 Å². The molecular weight excluding hydrogens is 364 g/mol. The van der Waals surface area contributed by atoms with Crippen LogP contribution >= 0.6 is 0 Å². The van der Waals surface area contributed by atoms with E-state index in [1.807, 2.05) is 29.2 Å². The first-order valence-corrected chi connectivity index (χ1v) is 10.5. The number of benzene rings is 2. The number of amides is 2. The van der Waals surface area contributed by atoms with Crippen LogP contribution in [0.2, 0.25) is 0 Å². The standard InChI is InChI=1S/C23H30N4O2/c1-29-22-10-4-19(5-11-22)18-24-23(28)27-16-14-26(15-17-27)21-8-6-20(7-9-21)25-12-2-3-13-25/h4-11H,2-3,12-18H2,1H3,(H,24,28). The first kappa shape index (κ1) is 19.4. The van der Waals surface area contributed by atoms with Crippen LogP contribution in [0.3, 0.4) is 0 Å². The lowest BCUT2D eigenvalue weighted by molar-refractivity contribution is 0.194. The summed E-state index contributed by atoms with van der Waals surface area (Å²) in [6.45, 7) is 6.07. The van der Waals surface area contributed by atoms with Crippen molar-refractivity contribution in [2.75, 3.05) is 56.2 Å². The zero-order valence-corrected chi connectivity index (χ0v) is 17.1. The lowest BCUT2D eigenvalue weighted by Crippen LogP contribution is -2.51. The zero-order chi connectivity index (χ0) is 20.1. The predicted octanol–water partition coefficient (Wildman–Crippen LogP) is 3.33. The van der Waals surface area contributed by atoms with Gasteiger partial charge in [0.25, 0.3) is 0 Å². The van der Waals surface area contributed by atoms with E-state index in [2.05, 4.69) is 39.4 Å². The van der Waals surface area contributed by atoms with Crippen molar-refractivity contribution in [3.63, 3.8) is 0 Å². The fourth-order valence-electron chi connectivity index (χ4n) is 4.05. The highest BCUT2D eigenvalue weighted by Gasteiger charge is 2.21. The predicted molar refractivity (Wildman–Crippen MR) is 117 cm³/mol. The molecule has 6 nitrogen and oxygen atoms in total. The highest BCUT2D eigenvalue weighted by molar-refractivity contribution is 5.74. The second-order valence-corrected chi connectivity index (χ2v) is 7.69. The summed E-state index contributed by atoms with van der Waals surface area (Å²) in [5.41, 5.74) is 3.63. The molecule has 2 aliphatic rings. The van der Waals surface area contributed by atoms with Gasteiger partial charge in [-0.2, -0.15) is 0 Å². The van der Waals surface area contributed by atoms with E-state index < -0.39 is 0 Å². The maximum Gasteiger partial charge on any atom is 0.317 e. The minimum absolute atomic E-state index is 0.00449. The molecule has 1 N–H and O–H groups in total. The van der Waals surface area contributed by atoms with Crippen molar-refractivity contribution < 1.29 is 9.53 Å². The molecule has 0 saturated carbocycles. The Morgan fingerprint density at radius 3 is 1.93 bits per heavy atom. The SMILES string of the molecule is COc1ccc(CNC(=O)N2CCN(c3ccc(N4CCCC4)cc3)CC2)cc1. The fraction of sp³-hybridized carbons (Fsp3) is 0.435. The van der Waals surface area contributed by atoms with Gasteiger partial charge in [-0.15, -0.1) is 0 Å². The Labute approximate surface area is 173 Å². The van der Waals surface area contributed by atoms with Crippen LogP contribution in [0.5, 0.6) is 5.75 Å². The van der Waals surface area contributed by atoms with Gasteiger partial charge >= 0.3 is 6.03 Å². The number of urea groups is 1. The molecule has 2 aromatic rings. The molecule has 0 atom stereocenters. The Morgan fingerprint density at radius 1 is 0.828 bits per heavy atom. The summed E-state index contributed by atoms with van der Waals surface area (Å²) in [5, 5.41) is 3.02. The van der Waals surface area contributed by atoms with E-state index in [9.17, 15) is 4.79 Å². The molecule has 0 unspecified atom stereocenters. The van der Waals surface area contributed by atoms with Gasteiger partial charge in [0.2, 0.25) is 0 Å². The molecule has 0 radical (unpaired) electrons. The minimum atomic E-state index is 0.00449. The third-order valence-electron chi connectivity index (χ3n) is 5.86. The van der Waals surface area contributed by atoms with E-state index in [-0.39, 0.29) is 6.03 Å². The summed E-state index contributed by atoms with van der Waals surface area (Å²) in [5.74, 6) is 0.824. The number of methoxy groups -OCH3 is 1. The third kappa shape index (κ3) is 4.75. The minimum Gasteiger partial charge on any atom is -0.497 e. The molecule has 2 aliphatic heterocycles. The molecule has 4 rings (SSSR count). The van der Waals surface area contributed by atoms with E-state index >= 15 is 0 Å². The molecular formula is C23H30N4O2. The molecule has 0 aliphatic carbocycles. The van der Waals surface area contributed by atoms with Gasteiger partial charge in [0.15, 0.2) is 0 Å². The van der Waals surface area contributed by atoms with Crippen LogP contribution in [0.1, 0.15) is 18.4 Å². The van der Waals surface area contributed by atoms with E-state index in [1.165, 1.54) is 37.3 Å². The Balaban J connectivity index is 1.24. The van der Waals surface area contributed by atoms with Crippen molar-refractivity contribution in [2.24, 2.45) is 0 Å². The molecule has 6 heteroatoms. The number of piperazine rings is 1. The van der Waals surface area contributed by atoms with Crippen LogP contribution < -0.4 is 19.9 Å². The maximum absolute atomic E-state index is 12.5. The van der Waals surface area contributed by atoms with Crippen LogP contribution in [0.4, 0.5) is 16.2 Å². The second-order valence-electron chi connectivity index (χ2n) is 7.69. The van der Waals surface area contributed by atoms with Crippen LogP contribution in [0, 0.1) is 0 Å². The number of carbonyl (C=O) groups is 1. The largest absolute Gasteiger partial charge is 0.497 e. The highest BCUT2D eigenvalue weighted by Crippen LogP contribution is 2.24. The quantitative estimate of drug-likeness (QED) is 0.845. The number of ether oxygens (including phenoxy) is 1. The number of nitrogens with one attached hydrogen (secondary N) is 1. The number of rotatable bonds is 5.